The Kier molecular flexibility index (Phi) is 2.60. The second kappa shape index (κ2) is 3.61. The topological polar surface area (TPSA) is 12.0 Å². The van der Waals surface area contributed by atoms with Gasteiger partial charge in [-0.05, 0) is 26.3 Å². The van der Waals surface area contributed by atoms with E-state index < -0.39 is 11.8 Å². The predicted octanol–water partition coefficient (Wildman–Crippen LogP) is 2.73. The quantitative estimate of drug-likeness (QED) is 0.677. The summed E-state index contributed by atoms with van der Waals surface area (Å²) < 4.78 is 25.3. The molecule has 0 aromatic heterocycles. The Labute approximate surface area is 83.6 Å². The van der Waals surface area contributed by atoms with Crippen LogP contribution in [0.4, 0.5) is 8.78 Å². The molecule has 2 rings (SSSR count). The molecular weight excluding hydrogens is 184 g/mol. The second-order valence-electron chi connectivity index (χ2n) is 4.48. The van der Waals surface area contributed by atoms with E-state index in [2.05, 4.69) is 5.32 Å². The van der Waals surface area contributed by atoms with Crippen molar-refractivity contribution < 1.29 is 8.78 Å². The minimum absolute atomic E-state index is 0.0526. The van der Waals surface area contributed by atoms with Gasteiger partial charge in [0.25, 0.3) is 5.92 Å². The van der Waals surface area contributed by atoms with Crippen molar-refractivity contribution in [3.8, 4) is 0 Å². The van der Waals surface area contributed by atoms with Crippen LogP contribution in [0.25, 0.3) is 0 Å². The van der Waals surface area contributed by atoms with E-state index in [0.717, 1.165) is 18.5 Å². The molecule has 1 aliphatic carbocycles. The van der Waals surface area contributed by atoms with Crippen molar-refractivity contribution in [2.75, 3.05) is 6.54 Å². The number of allylic oxidation sites excluding steroid dienone is 1. The number of hydrogen-bond donors (Lipinski definition) is 1. The minimum Gasteiger partial charge on any atom is -0.310 e. The first kappa shape index (κ1) is 10.1. The number of piperidine rings is 1. The minimum atomic E-state index is -2.41. The average Bonchev–Trinajstić information content (AvgIpc) is 2.75. The summed E-state index contributed by atoms with van der Waals surface area (Å²) in [7, 11) is 0. The Morgan fingerprint density at radius 1 is 1.43 bits per heavy atom. The van der Waals surface area contributed by atoms with E-state index in [9.17, 15) is 8.78 Å². The Hall–Kier alpha value is -0.440. The third-order valence-electron chi connectivity index (χ3n) is 3.20. The zero-order valence-corrected chi connectivity index (χ0v) is 8.52. The molecule has 0 spiro atoms. The van der Waals surface area contributed by atoms with Crippen molar-refractivity contribution in [1.29, 1.82) is 0 Å². The molecule has 0 amide bonds. The van der Waals surface area contributed by atoms with E-state index >= 15 is 0 Å². The Morgan fingerprint density at radius 3 is 2.64 bits per heavy atom. The number of halogens is 2. The first-order chi connectivity index (χ1) is 6.59. The fraction of sp³-hybridized carbons (Fsp3) is 0.818. The maximum atomic E-state index is 12.7. The second-order valence-corrected chi connectivity index (χ2v) is 4.48. The molecule has 0 bridgehead atoms. The molecule has 2 unspecified atom stereocenters. The van der Waals surface area contributed by atoms with E-state index in [0.29, 0.717) is 6.04 Å². The normalized spacial score (nSPS) is 36.9. The molecule has 14 heavy (non-hydrogen) atoms. The van der Waals surface area contributed by atoms with Gasteiger partial charge >= 0.3 is 0 Å². The van der Waals surface area contributed by atoms with Crippen LogP contribution in [0.2, 0.25) is 0 Å². The Balaban J connectivity index is 1.90. The molecule has 1 heterocycles. The SMILES string of the molecule is C/C(=C\C1CC1(F)F)C1CCCCN1. The lowest BCUT2D eigenvalue weighted by Gasteiger charge is -2.24. The van der Waals surface area contributed by atoms with Crippen molar-refractivity contribution in [3.63, 3.8) is 0 Å². The third kappa shape index (κ3) is 2.14. The van der Waals surface area contributed by atoms with Crippen molar-refractivity contribution in [2.45, 2.75) is 44.6 Å². The van der Waals surface area contributed by atoms with Crippen LogP contribution in [-0.4, -0.2) is 18.5 Å². The van der Waals surface area contributed by atoms with Gasteiger partial charge in [0, 0.05) is 18.4 Å². The van der Waals surface area contributed by atoms with E-state index in [1.807, 2.05) is 6.92 Å². The van der Waals surface area contributed by atoms with Crippen LogP contribution in [0.1, 0.15) is 32.6 Å². The molecule has 0 aromatic rings. The molecule has 0 radical (unpaired) electrons. The van der Waals surface area contributed by atoms with E-state index in [1.54, 1.807) is 6.08 Å². The molecule has 3 heteroatoms. The molecular formula is C11H17F2N. The molecule has 80 valence electrons. The summed E-state index contributed by atoms with van der Waals surface area (Å²) in [5.41, 5.74) is 1.10. The van der Waals surface area contributed by atoms with Crippen LogP contribution < -0.4 is 5.32 Å². The molecule has 1 saturated heterocycles. The summed E-state index contributed by atoms with van der Waals surface area (Å²) in [4.78, 5) is 0. The van der Waals surface area contributed by atoms with Gasteiger partial charge in [-0.3, -0.25) is 0 Å². The lowest BCUT2D eigenvalue weighted by Crippen LogP contribution is -2.34. The zero-order valence-electron chi connectivity index (χ0n) is 8.52. The summed E-state index contributed by atoms with van der Waals surface area (Å²) in [5.74, 6) is -2.89. The summed E-state index contributed by atoms with van der Waals surface area (Å²) in [5, 5.41) is 3.37. The van der Waals surface area contributed by atoms with Crippen LogP contribution in [0, 0.1) is 5.92 Å². The number of nitrogens with one attached hydrogen (secondary N) is 1. The molecule has 1 N–H and O–H groups in total. The van der Waals surface area contributed by atoms with Crippen LogP contribution >= 0.6 is 0 Å². The highest BCUT2D eigenvalue weighted by atomic mass is 19.3. The Morgan fingerprint density at radius 2 is 2.14 bits per heavy atom. The van der Waals surface area contributed by atoms with Gasteiger partial charge in [-0.2, -0.15) is 0 Å². The van der Waals surface area contributed by atoms with Crippen LogP contribution in [-0.2, 0) is 0 Å². The van der Waals surface area contributed by atoms with Crippen molar-refractivity contribution in [1.82, 2.24) is 5.32 Å². The summed E-state index contributed by atoms with van der Waals surface area (Å²) in [6.07, 6.45) is 5.34. The van der Waals surface area contributed by atoms with Gasteiger partial charge in [-0.1, -0.05) is 18.1 Å². The van der Waals surface area contributed by atoms with Gasteiger partial charge in [-0.15, -0.1) is 0 Å². The van der Waals surface area contributed by atoms with Crippen molar-refractivity contribution in [3.05, 3.63) is 11.6 Å². The summed E-state index contributed by atoms with van der Waals surface area (Å²) >= 11 is 0. The smallest absolute Gasteiger partial charge is 0.255 e. The monoisotopic (exact) mass is 201 g/mol. The molecule has 1 aliphatic heterocycles. The van der Waals surface area contributed by atoms with Gasteiger partial charge in [0.15, 0.2) is 0 Å². The Bertz CT molecular complexity index is 242. The maximum Gasteiger partial charge on any atom is 0.255 e. The number of alkyl halides is 2. The van der Waals surface area contributed by atoms with E-state index in [4.69, 9.17) is 0 Å². The van der Waals surface area contributed by atoms with Gasteiger partial charge < -0.3 is 5.32 Å². The molecule has 2 fully saturated rings. The fourth-order valence-electron chi connectivity index (χ4n) is 2.09. The largest absolute Gasteiger partial charge is 0.310 e. The zero-order chi connectivity index (χ0) is 10.2. The lowest BCUT2D eigenvalue weighted by molar-refractivity contribution is 0.107. The standard InChI is InChI=1S/C11H17F2N/c1-8(6-9-7-11(9,12)13)10-4-2-3-5-14-10/h6,9-10,14H,2-5,7H2,1H3/b8-6+. The number of rotatable bonds is 2. The van der Waals surface area contributed by atoms with Gasteiger partial charge in [0.1, 0.15) is 0 Å². The van der Waals surface area contributed by atoms with Gasteiger partial charge in [0.2, 0.25) is 0 Å². The lowest BCUT2D eigenvalue weighted by atomic mass is 9.97. The third-order valence-corrected chi connectivity index (χ3v) is 3.20. The molecule has 0 aromatic carbocycles. The molecule has 1 nitrogen and oxygen atoms in total. The highest BCUT2D eigenvalue weighted by molar-refractivity contribution is 5.17. The van der Waals surface area contributed by atoms with Crippen LogP contribution in [0.15, 0.2) is 11.6 Å². The summed E-state index contributed by atoms with van der Waals surface area (Å²) in [6, 6.07) is 0.347. The van der Waals surface area contributed by atoms with E-state index in [-0.39, 0.29) is 6.42 Å². The van der Waals surface area contributed by atoms with Crippen molar-refractivity contribution >= 4 is 0 Å². The van der Waals surface area contributed by atoms with Gasteiger partial charge in [0.05, 0.1) is 0 Å². The van der Waals surface area contributed by atoms with Crippen LogP contribution in [0.5, 0.6) is 0 Å². The van der Waals surface area contributed by atoms with E-state index in [1.165, 1.54) is 12.8 Å². The van der Waals surface area contributed by atoms with Crippen LogP contribution in [0.3, 0.4) is 0 Å². The molecule has 2 aliphatic rings. The highest BCUT2D eigenvalue weighted by Crippen LogP contribution is 2.50. The molecule has 2 atom stereocenters. The highest BCUT2D eigenvalue weighted by Gasteiger charge is 2.55. The summed E-state index contributed by atoms with van der Waals surface area (Å²) in [6.45, 7) is 2.99. The maximum absolute atomic E-state index is 12.7. The molecule has 1 saturated carbocycles. The first-order valence-corrected chi connectivity index (χ1v) is 5.39. The fourth-order valence-corrected chi connectivity index (χ4v) is 2.09. The number of hydrogen-bond acceptors (Lipinski definition) is 1. The van der Waals surface area contributed by atoms with Gasteiger partial charge in [-0.25, -0.2) is 8.78 Å². The predicted molar refractivity (Wildman–Crippen MR) is 52.5 cm³/mol. The van der Waals surface area contributed by atoms with Crippen molar-refractivity contribution in [2.24, 2.45) is 5.92 Å². The first-order valence-electron chi connectivity index (χ1n) is 5.39. The average molecular weight is 201 g/mol.